The molecular formula is C50H19NO. The van der Waals surface area contributed by atoms with Crippen LogP contribution in [-0.2, 0) is 0 Å². The molecule has 2 heteroatoms. The molecule has 0 fully saturated rings. The molecule has 230 valence electrons. The molecule has 0 spiro atoms. The Balaban J connectivity index is 0.000000692. The number of benzene rings is 2. The first-order chi connectivity index (χ1) is 25.7. The summed E-state index contributed by atoms with van der Waals surface area (Å²) in [4.78, 5) is 11.4. The molecule has 2 aromatic carbocycles. The number of carbonyl (C=O) groups excluding carboxylic acids is 1. The van der Waals surface area contributed by atoms with Gasteiger partial charge in [0.25, 0.3) is 0 Å². The Bertz CT molecular complexity index is 2640. The third kappa shape index (κ3) is 24.7. The van der Waals surface area contributed by atoms with Gasteiger partial charge in [-0.15, -0.1) is 0 Å². The monoisotopic (exact) mass is 649 g/mol. The molecule has 0 saturated heterocycles. The van der Waals surface area contributed by atoms with Gasteiger partial charge >= 0.3 is 0 Å². The highest BCUT2D eigenvalue weighted by molar-refractivity contribution is 6.00. The fraction of sp³-hybridized carbons (Fsp3) is 0.0600. The standard InChI is InChI=1S/C36H6.C14H13NO/c1-3-5-7-9-11-13-15-17-19-21-23-25-27-29-31-33-35-36-34-32-30-28-26-24-22-20-18-16-14-12-10-8-6-4-2;1-11(16)13-9-5-6-10-14(13)15-12-7-3-2-4-8-12/h1-2H3;2-10,15H,1H3. The second-order valence-electron chi connectivity index (χ2n) is 8.09. The molecule has 0 radical (unpaired) electrons. The summed E-state index contributed by atoms with van der Waals surface area (Å²) >= 11 is 0. The van der Waals surface area contributed by atoms with E-state index in [0.717, 1.165) is 11.4 Å². The van der Waals surface area contributed by atoms with Crippen LogP contribution in [0.2, 0.25) is 0 Å². The highest BCUT2D eigenvalue weighted by Gasteiger charge is 2.05. The van der Waals surface area contributed by atoms with Gasteiger partial charge in [0, 0.05) is 112 Å². The number of carbonyl (C=O) groups is 1. The molecule has 2 nitrogen and oxygen atoms in total. The molecule has 0 aliphatic rings. The molecule has 0 saturated carbocycles. The number of para-hydroxylation sites is 2. The van der Waals surface area contributed by atoms with Crippen molar-refractivity contribution in [2.24, 2.45) is 0 Å². The Morgan fingerprint density at radius 1 is 0.365 bits per heavy atom. The second-order valence-corrected chi connectivity index (χ2v) is 8.09. The molecule has 2 rings (SSSR count). The lowest BCUT2D eigenvalue weighted by atomic mass is 10.1. The van der Waals surface area contributed by atoms with Crippen molar-refractivity contribution in [2.75, 3.05) is 5.32 Å². The third-order valence-corrected chi connectivity index (χ3v) is 4.55. The minimum atomic E-state index is 0.0685. The van der Waals surface area contributed by atoms with Gasteiger partial charge < -0.3 is 5.32 Å². The first-order valence-electron chi connectivity index (χ1n) is 14.4. The molecule has 1 N–H and O–H groups in total. The van der Waals surface area contributed by atoms with Gasteiger partial charge in [0.15, 0.2) is 5.78 Å². The first-order valence-corrected chi connectivity index (χ1v) is 14.4. The number of anilines is 2. The summed E-state index contributed by atoms with van der Waals surface area (Å²) < 4.78 is 0. The Morgan fingerprint density at radius 3 is 0.885 bits per heavy atom. The summed E-state index contributed by atoms with van der Waals surface area (Å²) in [5.74, 6) is 85.7. The van der Waals surface area contributed by atoms with E-state index >= 15 is 0 Å². The quantitative estimate of drug-likeness (QED) is 0.386. The summed E-state index contributed by atoms with van der Waals surface area (Å²) in [5.41, 5.74) is 2.55. The Morgan fingerprint density at radius 2 is 0.615 bits per heavy atom. The third-order valence-electron chi connectivity index (χ3n) is 4.55. The summed E-state index contributed by atoms with van der Waals surface area (Å²) in [7, 11) is 0. The summed E-state index contributed by atoms with van der Waals surface area (Å²) in [5, 5.41) is 3.23. The van der Waals surface area contributed by atoms with E-state index in [0.29, 0.717) is 5.56 Å². The van der Waals surface area contributed by atoms with Crippen LogP contribution in [0, 0.1) is 201 Å². The number of nitrogens with one attached hydrogen (secondary N) is 1. The molecule has 2 aromatic rings. The van der Waals surface area contributed by atoms with Crippen molar-refractivity contribution in [1.82, 2.24) is 0 Å². The maximum atomic E-state index is 11.4. The largest absolute Gasteiger partial charge is 0.355 e. The van der Waals surface area contributed by atoms with Gasteiger partial charge in [-0.25, -0.2) is 0 Å². The predicted molar refractivity (Wildman–Crippen MR) is 210 cm³/mol. The number of Topliss-reactive ketones (excluding diaryl/α,β-unsaturated/α-hetero) is 1. The van der Waals surface area contributed by atoms with Gasteiger partial charge in [-0.1, -0.05) is 42.2 Å². The van der Waals surface area contributed by atoms with Crippen LogP contribution in [0.25, 0.3) is 0 Å². The van der Waals surface area contributed by atoms with Crippen molar-refractivity contribution in [2.45, 2.75) is 20.8 Å². The van der Waals surface area contributed by atoms with E-state index in [9.17, 15) is 4.79 Å². The smallest absolute Gasteiger partial charge is 0.161 e. The second kappa shape index (κ2) is 31.4. The van der Waals surface area contributed by atoms with E-state index in [1.54, 1.807) is 20.8 Å². The summed E-state index contributed by atoms with van der Waals surface area (Å²) in [6.07, 6.45) is 0. The van der Waals surface area contributed by atoms with E-state index in [1.807, 2.05) is 54.6 Å². The van der Waals surface area contributed by atoms with Gasteiger partial charge in [0.05, 0.1) is 0 Å². The van der Waals surface area contributed by atoms with Crippen molar-refractivity contribution in [3.05, 3.63) is 60.2 Å². The highest BCUT2D eigenvalue weighted by atomic mass is 16.1. The summed E-state index contributed by atoms with van der Waals surface area (Å²) in [6, 6.07) is 17.3. The number of rotatable bonds is 3. The minimum Gasteiger partial charge on any atom is -0.355 e. The van der Waals surface area contributed by atoms with Gasteiger partial charge in [-0.05, 0) is 140 Å². The van der Waals surface area contributed by atoms with Gasteiger partial charge in [0.1, 0.15) is 0 Å². The maximum Gasteiger partial charge on any atom is 0.161 e. The molecule has 0 unspecified atom stereocenters. The molecule has 0 bridgehead atoms. The molecule has 0 amide bonds. The van der Waals surface area contributed by atoms with Crippen LogP contribution in [0.15, 0.2) is 54.6 Å². The van der Waals surface area contributed by atoms with Crippen LogP contribution < -0.4 is 5.32 Å². The van der Waals surface area contributed by atoms with Gasteiger partial charge in [-0.3, -0.25) is 4.79 Å². The van der Waals surface area contributed by atoms with Crippen LogP contribution in [0.3, 0.4) is 0 Å². The molecule has 52 heavy (non-hydrogen) atoms. The zero-order valence-electron chi connectivity index (χ0n) is 28.1. The van der Waals surface area contributed by atoms with Crippen molar-refractivity contribution < 1.29 is 4.79 Å². The zero-order chi connectivity index (χ0) is 37.4. The number of ketones is 1. The average molecular weight is 650 g/mol. The van der Waals surface area contributed by atoms with E-state index in [2.05, 4.69) is 207 Å². The molecule has 0 aliphatic carbocycles. The Labute approximate surface area is 308 Å². The normalized spacial score (nSPS) is 5.75. The zero-order valence-corrected chi connectivity index (χ0v) is 28.1. The fourth-order valence-electron chi connectivity index (χ4n) is 2.64. The first kappa shape index (κ1) is 40.5. The van der Waals surface area contributed by atoms with Crippen molar-refractivity contribution in [1.29, 1.82) is 0 Å². The van der Waals surface area contributed by atoms with Crippen LogP contribution in [-0.4, -0.2) is 5.78 Å². The van der Waals surface area contributed by atoms with Gasteiger partial charge in [0.2, 0.25) is 0 Å². The minimum absolute atomic E-state index is 0.0685. The number of hydrogen-bond acceptors (Lipinski definition) is 2. The van der Waals surface area contributed by atoms with Crippen molar-refractivity contribution >= 4 is 17.2 Å². The van der Waals surface area contributed by atoms with Crippen molar-refractivity contribution in [3.63, 3.8) is 0 Å². The van der Waals surface area contributed by atoms with Crippen LogP contribution in [0.4, 0.5) is 11.4 Å². The lowest BCUT2D eigenvalue weighted by Crippen LogP contribution is -1.99. The number of hydrogen-bond donors (Lipinski definition) is 1. The molecule has 0 aromatic heterocycles. The molecule has 0 heterocycles. The average Bonchev–Trinajstić information content (AvgIpc) is 3.16. The van der Waals surface area contributed by atoms with Crippen LogP contribution in [0.5, 0.6) is 0 Å². The molecule has 0 atom stereocenters. The van der Waals surface area contributed by atoms with E-state index < -0.39 is 0 Å². The Hall–Kier alpha value is -9.57. The van der Waals surface area contributed by atoms with E-state index in [1.165, 1.54) is 0 Å². The lowest BCUT2D eigenvalue weighted by molar-refractivity contribution is 0.101. The van der Waals surface area contributed by atoms with E-state index in [-0.39, 0.29) is 5.78 Å². The van der Waals surface area contributed by atoms with Crippen LogP contribution in [0.1, 0.15) is 31.1 Å². The highest BCUT2D eigenvalue weighted by Crippen LogP contribution is 2.20. The van der Waals surface area contributed by atoms with Crippen molar-refractivity contribution in [3.8, 4) is 201 Å². The lowest BCUT2D eigenvalue weighted by Gasteiger charge is -2.09. The summed E-state index contributed by atoms with van der Waals surface area (Å²) in [6.45, 7) is 4.96. The fourth-order valence-corrected chi connectivity index (χ4v) is 2.64. The van der Waals surface area contributed by atoms with E-state index in [4.69, 9.17) is 0 Å². The predicted octanol–water partition coefficient (Wildman–Crippen LogP) is 4.72. The Kier molecular flexibility index (Phi) is 24.4. The SMILES string of the molecule is CC#CC#CC#CC#CC#CC#CC#CC#CC#CC#CC#CC#CC#CC#CC#CC#CC#CC.CC(=O)c1ccccc1Nc1ccccc1. The maximum absolute atomic E-state index is 11.4. The topological polar surface area (TPSA) is 29.1 Å². The molecular weight excluding hydrogens is 631 g/mol. The molecule has 0 aliphatic heterocycles. The van der Waals surface area contributed by atoms with Crippen LogP contribution >= 0.6 is 0 Å². The van der Waals surface area contributed by atoms with Gasteiger partial charge in [-0.2, -0.15) is 0 Å².